The molecule has 5 heteroatoms. The molecule has 0 aromatic heterocycles. The summed E-state index contributed by atoms with van der Waals surface area (Å²) < 4.78 is 0. The number of nitrogens with two attached hydrogens (primary N) is 1. The topological polar surface area (TPSA) is 89.3 Å². The zero-order valence-corrected chi connectivity index (χ0v) is 13.8. The minimum Gasteiger partial charge on any atom is -0.324 e. The van der Waals surface area contributed by atoms with Crippen molar-refractivity contribution in [1.82, 2.24) is 5.32 Å². The highest BCUT2D eigenvalue weighted by Crippen LogP contribution is 2.21. The molecule has 0 spiro atoms. The summed E-state index contributed by atoms with van der Waals surface area (Å²) in [6.07, 6.45) is 2.87. The number of hydrogen-bond donors (Lipinski definition) is 2. The third-order valence-electron chi connectivity index (χ3n) is 4.19. The molecule has 0 aromatic carbocycles. The van der Waals surface area contributed by atoms with Gasteiger partial charge in [0.25, 0.3) is 0 Å². The Morgan fingerprint density at radius 1 is 1.24 bits per heavy atom. The van der Waals surface area contributed by atoms with Gasteiger partial charge in [0.2, 0.25) is 0 Å². The van der Waals surface area contributed by atoms with E-state index in [0.29, 0.717) is 25.7 Å². The van der Waals surface area contributed by atoms with E-state index in [1.807, 2.05) is 13.8 Å². The standard InChI is InChI=1S/C16H30N2O3/c1-5-11(2)14(12(3)19)9-13(20)7-6-8-15(18-4)16(21)10-17/h11,14-15,18H,5-10,17H2,1-4H3/t11-,14-,15-/m0/s1. The van der Waals surface area contributed by atoms with E-state index in [1.165, 1.54) is 0 Å². The van der Waals surface area contributed by atoms with Gasteiger partial charge in [-0.1, -0.05) is 20.3 Å². The van der Waals surface area contributed by atoms with Gasteiger partial charge in [-0.15, -0.1) is 0 Å². The number of rotatable bonds is 12. The Morgan fingerprint density at radius 2 is 1.86 bits per heavy atom. The van der Waals surface area contributed by atoms with Gasteiger partial charge in [0.15, 0.2) is 5.78 Å². The molecule has 0 radical (unpaired) electrons. The molecule has 0 bridgehead atoms. The fraction of sp³-hybridized carbons (Fsp3) is 0.812. The molecule has 0 saturated heterocycles. The third-order valence-corrected chi connectivity index (χ3v) is 4.19. The number of hydrogen-bond acceptors (Lipinski definition) is 5. The molecule has 3 N–H and O–H groups in total. The fourth-order valence-corrected chi connectivity index (χ4v) is 2.49. The molecular formula is C16H30N2O3. The Balaban J connectivity index is 4.25. The monoisotopic (exact) mass is 298 g/mol. The van der Waals surface area contributed by atoms with Gasteiger partial charge in [-0.05, 0) is 32.7 Å². The molecule has 0 amide bonds. The summed E-state index contributed by atoms with van der Waals surface area (Å²) in [6.45, 7) is 5.61. The van der Waals surface area contributed by atoms with Gasteiger partial charge in [-0.25, -0.2) is 0 Å². The maximum absolute atomic E-state index is 12.0. The first-order chi connectivity index (χ1) is 9.87. The SMILES string of the molecule is CC[C@H](C)[C@H](CC(=O)CCC[C@H](NC)C(=O)CN)C(C)=O. The van der Waals surface area contributed by atoms with Crippen LogP contribution < -0.4 is 11.1 Å². The lowest BCUT2D eigenvalue weighted by Gasteiger charge is -2.19. The molecule has 21 heavy (non-hydrogen) atoms. The van der Waals surface area contributed by atoms with Gasteiger partial charge in [0, 0.05) is 18.8 Å². The summed E-state index contributed by atoms with van der Waals surface area (Å²) in [5.41, 5.74) is 5.33. The Hall–Kier alpha value is -1.07. The van der Waals surface area contributed by atoms with Crippen molar-refractivity contribution in [3.63, 3.8) is 0 Å². The van der Waals surface area contributed by atoms with Crippen LogP contribution in [0.3, 0.4) is 0 Å². The summed E-state index contributed by atoms with van der Waals surface area (Å²) in [5.74, 6) is 0.212. The molecule has 0 unspecified atom stereocenters. The molecule has 122 valence electrons. The zero-order chi connectivity index (χ0) is 16.4. The Kier molecular flexibility index (Phi) is 10.1. The van der Waals surface area contributed by atoms with Gasteiger partial charge in [-0.2, -0.15) is 0 Å². The molecular weight excluding hydrogens is 268 g/mol. The largest absolute Gasteiger partial charge is 0.324 e. The molecule has 0 saturated carbocycles. The minimum absolute atomic E-state index is 0.0138. The molecule has 0 heterocycles. The van der Waals surface area contributed by atoms with Gasteiger partial charge in [-0.3, -0.25) is 14.4 Å². The van der Waals surface area contributed by atoms with E-state index >= 15 is 0 Å². The van der Waals surface area contributed by atoms with Crippen LogP contribution in [0.1, 0.15) is 52.9 Å². The van der Waals surface area contributed by atoms with Crippen LogP contribution >= 0.6 is 0 Å². The highest BCUT2D eigenvalue weighted by atomic mass is 16.1. The Labute approximate surface area is 128 Å². The average molecular weight is 298 g/mol. The van der Waals surface area contributed by atoms with E-state index in [-0.39, 0.29) is 41.8 Å². The minimum atomic E-state index is -0.277. The molecule has 3 atom stereocenters. The highest BCUT2D eigenvalue weighted by Gasteiger charge is 2.23. The molecule has 0 rings (SSSR count). The first-order valence-electron chi connectivity index (χ1n) is 7.79. The molecule has 0 aliphatic rings. The lowest BCUT2D eigenvalue weighted by atomic mass is 9.84. The molecule has 0 aromatic rings. The average Bonchev–Trinajstić information content (AvgIpc) is 2.47. The second kappa shape index (κ2) is 10.6. The summed E-state index contributed by atoms with van der Waals surface area (Å²) in [6, 6.07) is -0.277. The van der Waals surface area contributed by atoms with Crippen LogP contribution in [-0.4, -0.2) is 37.0 Å². The van der Waals surface area contributed by atoms with Crippen molar-refractivity contribution >= 4 is 17.3 Å². The van der Waals surface area contributed by atoms with Crippen LogP contribution in [0, 0.1) is 11.8 Å². The van der Waals surface area contributed by atoms with Crippen LogP contribution in [0.5, 0.6) is 0 Å². The van der Waals surface area contributed by atoms with Crippen molar-refractivity contribution in [3.05, 3.63) is 0 Å². The van der Waals surface area contributed by atoms with Crippen LogP contribution in [-0.2, 0) is 14.4 Å². The predicted molar refractivity (Wildman–Crippen MR) is 84.0 cm³/mol. The van der Waals surface area contributed by atoms with Crippen molar-refractivity contribution < 1.29 is 14.4 Å². The number of carbonyl (C=O) groups is 3. The normalized spacial score (nSPS) is 15.3. The summed E-state index contributed by atoms with van der Waals surface area (Å²) in [7, 11) is 1.72. The lowest BCUT2D eigenvalue weighted by Crippen LogP contribution is -2.38. The maximum atomic E-state index is 12.0. The number of carbonyl (C=O) groups excluding carboxylic acids is 3. The van der Waals surface area contributed by atoms with E-state index in [0.717, 1.165) is 6.42 Å². The van der Waals surface area contributed by atoms with Crippen molar-refractivity contribution in [2.24, 2.45) is 17.6 Å². The van der Waals surface area contributed by atoms with Crippen LogP contribution in [0.2, 0.25) is 0 Å². The van der Waals surface area contributed by atoms with Crippen LogP contribution in [0.4, 0.5) is 0 Å². The van der Waals surface area contributed by atoms with Crippen molar-refractivity contribution in [3.8, 4) is 0 Å². The van der Waals surface area contributed by atoms with Gasteiger partial charge >= 0.3 is 0 Å². The summed E-state index contributed by atoms with van der Waals surface area (Å²) in [5, 5.41) is 2.92. The van der Waals surface area contributed by atoms with E-state index in [1.54, 1.807) is 14.0 Å². The van der Waals surface area contributed by atoms with Gasteiger partial charge in [0.1, 0.15) is 11.6 Å². The fourth-order valence-electron chi connectivity index (χ4n) is 2.49. The maximum Gasteiger partial charge on any atom is 0.163 e. The van der Waals surface area contributed by atoms with E-state index in [4.69, 9.17) is 5.73 Å². The van der Waals surface area contributed by atoms with Crippen molar-refractivity contribution in [2.45, 2.75) is 58.9 Å². The summed E-state index contributed by atoms with van der Waals surface area (Å²) >= 11 is 0. The zero-order valence-electron chi connectivity index (χ0n) is 13.8. The number of Topliss-reactive ketones (excluding diaryl/α,β-unsaturated/α-hetero) is 3. The number of nitrogens with one attached hydrogen (secondary N) is 1. The Bertz CT molecular complexity index is 355. The van der Waals surface area contributed by atoms with E-state index in [9.17, 15) is 14.4 Å². The predicted octanol–water partition coefficient (Wildman–Crippen LogP) is 1.48. The van der Waals surface area contributed by atoms with Crippen molar-refractivity contribution in [2.75, 3.05) is 13.6 Å². The number of likely N-dealkylation sites (N-methyl/N-ethyl adjacent to an activating group) is 1. The first-order valence-corrected chi connectivity index (χ1v) is 7.79. The molecule has 0 aliphatic heterocycles. The smallest absolute Gasteiger partial charge is 0.163 e. The lowest BCUT2D eigenvalue weighted by molar-refractivity contribution is -0.128. The molecule has 5 nitrogen and oxygen atoms in total. The molecule has 0 aliphatic carbocycles. The quantitative estimate of drug-likeness (QED) is 0.569. The third kappa shape index (κ3) is 7.48. The van der Waals surface area contributed by atoms with E-state index in [2.05, 4.69) is 5.32 Å². The highest BCUT2D eigenvalue weighted by molar-refractivity contribution is 5.87. The van der Waals surface area contributed by atoms with Crippen molar-refractivity contribution in [1.29, 1.82) is 0 Å². The van der Waals surface area contributed by atoms with Crippen LogP contribution in [0.15, 0.2) is 0 Å². The van der Waals surface area contributed by atoms with Gasteiger partial charge in [0.05, 0.1) is 12.6 Å². The van der Waals surface area contributed by atoms with Crippen LogP contribution in [0.25, 0.3) is 0 Å². The van der Waals surface area contributed by atoms with E-state index < -0.39 is 0 Å². The Morgan fingerprint density at radius 3 is 2.29 bits per heavy atom. The number of ketones is 3. The second-order valence-corrected chi connectivity index (χ2v) is 5.75. The van der Waals surface area contributed by atoms with Gasteiger partial charge < -0.3 is 11.1 Å². The second-order valence-electron chi connectivity index (χ2n) is 5.75. The first kappa shape index (κ1) is 19.9. The molecule has 0 fully saturated rings. The summed E-state index contributed by atoms with van der Waals surface area (Å²) in [4.78, 5) is 35.1.